The summed E-state index contributed by atoms with van der Waals surface area (Å²) in [6.07, 6.45) is 0. The number of guanidine groups is 1. The van der Waals surface area contributed by atoms with Gasteiger partial charge >= 0.3 is 0 Å². The molecule has 0 saturated carbocycles. The number of nitrogens with two attached hydrogens (primary N) is 2. The minimum absolute atomic E-state index is 0.225. The van der Waals surface area contributed by atoms with Crippen molar-refractivity contribution in [1.82, 2.24) is 0 Å². The van der Waals surface area contributed by atoms with Crippen LogP contribution in [0.5, 0.6) is 0 Å². The van der Waals surface area contributed by atoms with Crippen LogP contribution in [0.2, 0.25) is 0 Å². The van der Waals surface area contributed by atoms with Crippen LogP contribution in [0, 0.1) is 0 Å². The monoisotopic (exact) mass is 245 g/mol. The second-order valence-electron chi connectivity index (χ2n) is 3.40. The van der Waals surface area contributed by atoms with Gasteiger partial charge in [0, 0.05) is 10.4 Å². The molecule has 0 aliphatic heterocycles. The van der Waals surface area contributed by atoms with Crippen LogP contribution in [0.25, 0.3) is 10.4 Å². The van der Waals surface area contributed by atoms with E-state index in [-0.39, 0.29) is 5.96 Å². The van der Waals surface area contributed by atoms with Crippen molar-refractivity contribution in [3.63, 3.8) is 0 Å². The van der Waals surface area contributed by atoms with Crippen LogP contribution in [-0.2, 0) is 0 Å². The molecule has 1 aromatic heterocycles. The number of amides is 1. The molecule has 0 unspecified atom stereocenters. The molecule has 1 amide bonds. The zero-order valence-electron chi connectivity index (χ0n) is 8.96. The Hall–Kier alpha value is -2.14. The molecular weight excluding hydrogens is 234 g/mol. The van der Waals surface area contributed by atoms with E-state index in [1.54, 1.807) is 23.5 Å². The van der Waals surface area contributed by atoms with Crippen LogP contribution in [0.15, 0.2) is 46.8 Å². The summed E-state index contributed by atoms with van der Waals surface area (Å²) in [5.74, 6) is -0.653. The van der Waals surface area contributed by atoms with E-state index in [4.69, 9.17) is 11.5 Å². The molecule has 0 fully saturated rings. The lowest BCUT2D eigenvalue weighted by atomic mass is 10.1. The molecule has 4 nitrogen and oxygen atoms in total. The molecule has 2 aromatic rings. The summed E-state index contributed by atoms with van der Waals surface area (Å²) >= 11 is 1.61. The van der Waals surface area contributed by atoms with E-state index in [0.29, 0.717) is 5.56 Å². The van der Waals surface area contributed by atoms with E-state index < -0.39 is 5.91 Å². The predicted molar refractivity (Wildman–Crippen MR) is 69.9 cm³/mol. The minimum Gasteiger partial charge on any atom is -0.370 e. The highest BCUT2D eigenvalue weighted by Gasteiger charge is 2.06. The Morgan fingerprint density at radius 1 is 1.18 bits per heavy atom. The molecule has 1 aromatic carbocycles. The Morgan fingerprint density at radius 2 is 2.00 bits per heavy atom. The van der Waals surface area contributed by atoms with Gasteiger partial charge in [-0.2, -0.15) is 4.99 Å². The lowest BCUT2D eigenvalue weighted by Crippen LogP contribution is -2.24. The highest BCUT2D eigenvalue weighted by atomic mass is 32.1. The van der Waals surface area contributed by atoms with E-state index in [1.165, 1.54) is 0 Å². The van der Waals surface area contributed by atoms with Gasteiger partial charge < -0.3 is 11.5 Å². The molecule has 1 heterocycles. The lowest BCUT2D eigenvalue weighted by molar-refractivity contribution is 0.100. The van der Waals surface area contributed by atoms with E-state index in [0.717, 1.165) is 10.4 Å². The Balaban J connectivity index is 2.36. The molecule has 0 aliphatic rings. The predicted octanol–water partition coefficient (Wildman–Crippen LogP) is 1.83. The summed E-state index contributed by atoms with van der Waals surface area (Å²) in [6, 6.07) is 11.2. The van der Waals surface area contributed by atoms with Crippen molar-refractivity contribution in [3.05, 3.63) is 47.3 Å². The Morgan fingerprint density at radius 3 is 2.65 bits per heavy atom. The number of hydrogen-bond donors (Lipinski definition) is 2. The number of carbonyl (C=O) groups excluding carboxylic acids is 1. The Bertz CT molecular complexity index is 557. The molecule has 17 heavy (non-hydrogen) atoms. The number of aliphatic imine (C=N–C) groups is 1. The summed E-state index contributed by atoms with van der Waals surface area (Å²) in [7, 11) is 0. The maximum absolute atomic E-state index is 11.6. The topological polar surface area (TPSA) is 81.5 Å². The molecule has 0 saturated heterocycles. The van der Waals surface area contributed by atoms with Gasteiger partial charge in [-0.15, -0.1) is 11.3 Å². The summed E-state index contributed by atoms with van der Waals surface area (Å²) in [5.41, 5.74) is 11.8. The van der Waals surface area contributed by atoms with Crippen molar-refractivity contribution in [1.29, 1.82) is 0 Å². The van der Waals surface area contributed by atoms with Gasteiger partial charge in [-0.05, 0) is 29.1 Å². The normalized spacial score (nSPS) is 9.88. The third-order valence-corrected chi connectivity index (χ3v) is 3.06. The van der Waals surface area contributed by atoms with E-state index in [9.17, 15) is 4.79 Å². The third-order valence-electron chi connectivity index (χ3n) is 2.15. The Labute approximate surface area is 103 Å². The first-order valence-corrected chi connectivity index (χ1v) is 5.82. The maximum Gasteiger partial charge on any atom is 0.280 e. The molecule has 5 heteroatoms. The quantitative estimate of drug-likeness (QED) is 0.625. The minimum atomic E-state index is -0.427. The van der Waals surface area contributed by atoms with Gasteiger partial charge in [0.25, 0.3) is 5.91 Å². The Kier molecular flexibility index (Phi) is 3.20. The van der Waals surface area contributed by atoms with Crippen molar-refractivity contribution < 1.29 is 4.79 Å². The zero-order valence-corrected chi connectivity index (χ0v) is 9.78. The smallest absolute Gasteiger partial charge is 0.280 e. The van der Waals surface area contributed by atoms with E-state index >= 15 is 0 Å². The van der Waals surface area contributed by atoms with Crippen LogP contribution in [0.3, 0.4) is 0 Å². The molecule has 2 rings (SSSR count). The van der Waals surface area contributed by atoms with Crippen molar-refractivity contribution in [3.8, 4) is 10.4 Å². The third kappa shape index (κ3) is 2.70. The molecular formula is C12H11N3OS. The average Bonchev–Trinajstić information content (AvgIpc) is 2.82. The van der Waals surface area contributed by atoms with Crippen LogP contribution < -0.4 is 11.5 Å². The first kappa shape index (κ1) is 11.3. The summed E-state index contributed by atoms with van der Waals surface area (Å²) < 4.78 is 0. The first-order chi connectivity index (χ1) is 8.16. The zero-order chi connectivity index (χ0) is 12.3. The maximum atomic E-state index is 11.6. The molecule has 0 spiro atoms. The number of nitrogens with zero attached hydrogens (tertiary/aromatic N) is 1. The lowest BCUT2D eigenvalue weighted by Gasteiger charge is -2.00. The van der Waals surface area contributed by atoms with Gasteiger partial charge in [0.1, 0.15) is 0 Å². The second-order valence-corrected chi connectivity index (χ2v) is 4.35. The standard InChI is InChI=1S/C12H11N3OS/c13-12(14)15-11(16)9-4-1-3-8(7-9)10-5-2-6-17-10/h1-7H,(H4,13,14,15,16). The van der Waals surface area contributed by atoms with Crippen LogP contribution in [0.4, 0.5) is 0 Å². The molecule has 0 atom stereocenters. The molecule has 0 bridgehead atoms. The fourth-order valence-electron chi connectivity index (χ4n) is 1.43. The number of benzene rings is 1. The van der Waals surface area contributed by atoms with Gasteiger partial charge in [-0.1, -0.05) is 18.2 Å². The number of carbonyl (C=O) groups is 1. The van der Waals surface area contributed by atoms with Gasteiger partial charge in [0.2, 0.25) is 0 Å². The van der Waals surface area contributed by atoms with E-state index in [1.807, 2.05) is 29.6 Å². The number of thiophene rings is 1. The van der Waals surface area contributed by atoms with Gasteiger partial charge in [-0.25, -0.2) is 0 Å². The fraction of sp³-hybridized carbons (Fsp3) is 0. The van der Waals surface area contributed by atoms with Crippen molar-refractivity contribution in [2.75, 3.05) is 0 Å². The van der Waals surface area contributed by atoms with Crippen LogP contribution in [0.1, 0.15) is 10.4 Å². The number of hydrogen-bond acceptors (Lipinski definition) is 2. The largest absolute Gasteiger partial charge is 0.370 e. The van der Waals surface area contributed by atoms with Crippen LogP contribution >= 0.6 is 11.3 Å². The summed E-state index contributed by atoms with van der Waals surface area (Å²) in [4.78, 5) is 16.2. The number of rotatable bonds is 2. The van der Waals surface area contributed by atoms with Crippen molar-refractivity contribution in [2.45, 2.75) is 0 Å². The van der Waals surface area contributed by atoms with E-state index in [2.05, 4.69) is 4.99 Å². The molecule has 86 valence electrons. The van der Waals surface area contributed by atoms with Crippen LogP contribution in [-0.4, -0.2) is 11.9 Å². The summed E-state index contributed by atoms with van der Waals surface area (Å²) in [5, 5.41) is 1.99. The molecule has 0 aliphatic carbocycles. The molecule has 4 N–H and O–H groups in total. The highest BCUT2D eigenvalue weighted by molar-refractivity contribution is 7.13. The van der Waals surface area contributed by atoms with Crippen molar-refractivity contribution >= 4 is 23.2 Å². The SMILES string of the molecule is NC(N)=NC(=O)c1cccc(-c2cccs2)c1. The highest BCUT2D eigenvalue weighted by Crippen LogP contribution is 2.25. The first-order valence-electron chi connectivity index (χ1n) is 4.95. The van der Waals surface area contributed by atoms with Crippen molar-refractivity contribution in [2.24, 2.45) is 16.5 Å². The average molecular weight is 245 g/mol. The molecule has 0 radical (unpaired) electrons. The summed E-state index contributed by atoms with van der Waals surface area (Å²) in [6.45, 7) is 0. The van der Waals surface area contributed by atoms with Gasteiger partial charge in [0.05, 0.1) is 0 Å². The fourth-order valence-corrected chi connectivity index (χ4v) is 2.15. The second kappa shape index (κ2) is 4.80. The van der Waals surface area contributed by atoms with Gasteiger partial charge in [-0.3, -0.25) is 4.79 Å². The van der Waals surface area contributed by atoms with Gasteiger partial charge in [0.15, 0.2) is 5.96 Å².